The first kappa shape index (κ1) is 22.1. The topological polar surface area (TPSA) is 73.8 Å². The molecule has 0 spiro atoms. The van der Waals surface area contributed by atoms with Crippen LogP contribution < -0.4 is 10.6 Å². The summed E-state index contributed by atoms with van der Waals surface area (Å²) in [5.41, 5.74) is 1.61. The zero-order valence-corrected chi connectivity index (χ0v) is 17.7. The number of hydrogen-bond acceptors (Lipinski definition) is 4. The summed E-state index contributed by atoms with van der Waals surface area (Å²) in [5.74, 6) is 0.944. The molecule has 2 N–H and O–H groups in total. The number of halogens is 2. The Labute approximate surface area is 166 Å². The Morgan fingerprint density at radius 1 is 1.28 bits per heavy atom. The molecule has 6 nitrogen and oxygen atoms in total. The van der Waals surface area contributed by atoms with E-state index in [1.807, 2.05) is 6.07 Å². The summed E-state index contributed by atoms with van der Waals surface area (Å²) in [5, 5.41) is 6.39. The molecule has 0 unspecified atom stereocenters. The minimum Gasteiger partial charge on any atom is -0.355 e. The van der Waals surface area contributed by atoms with Crippen molar-refractivity contribution < 1.29 is 12.8 Å². The van der Waals surface area contributed by atoms with Gasteiger partial charge in [0.05, 0.1) is 11.5 Å². The summed E-state index contributed by atoms with van der Waals surface area (Å²) in [7, 11) is -1.14. The van der Waals surface area contributed by atoms with Crippen molar-refractivity contribution in [2.75, 3.05) is 44.7 Å². The maximum Gasteiger partial charge on any atom is 0.191 e. The van der Waals surface area contributed by atoms with Crippen LogP contribution in [-0.4, -0.2) is 64.0 Å². The molecule has 0 saturated carbocycles. The standard InChI is InChI=1S/C16H25FN4O2S.HI/c1-13-11-14(3-4-15(13)17)12-20-16(18-2)19-5-6-21-7-9-24(22,23)10-8-21;/h3-4,11H,5-10,12H2,1-2H3,(H2,18,19,20);1H. The van der Waals surface area contributed by atoms with Crippen LogP contribution in [0, 0.1) is 12.7 Å². The van der Waals surface area contributed by atoms with E-state index in [1.54, 1.807) is 20.0 Å². The largest absolute Gasteiger partial charge is 0.355 e. The van der Waals surface area contributed by atoms with Crippen LogP contribution in [0.5, 0.6) is 0 Å². The molecule has 1 saturated heterocycles. The molecule has 1 aliphatic rings. The van der Waals surface area contributed by atoms with Gasteiger partial charge in [-0.3, -0.25) is 9.89 Å². The molecule has 2 rings (SSSR count). The molecule has 0 radical (unpaired) electrons. The van der Waals surface area contributed by atoms with E-state index in [0.717, 1.165) is 12.1 Å². The lowest BCUT2D eigenvalue weighted by Crippen LogP contribution is -2.45. The minimum absolute atomic E-state index is 0. The van der Waals surface area contributed by atoms with Gasteiger partial charge in [0.25, 0.3) is 0 Å². The van der Waals surface area contributed by atoms with Gasteiger partial charge in [0.2, 0.25) is 0 Å². The zero-order chi connectivity index (χ0) is 17.6. The van der Waals surface area contributed by atoms with Gasteiger partial charge in [-0.2, -0.15) is 0 Å². The van der Waals surface area contributed by atoms with Crippen molar-refractivity contribution in [3.63, 3.8) is 0 Å². The van der Waals surface area contributed by atoms with Crippen molar-refractivity contribution in [1.82, 2.24) is 15.5 Å². The zero-order valence-electron chi connectivity index (χ0n) is 14.6. The number of hydrogen-bond donors (Lipinski definition) is 2. The molecular formula is C16H26FIN4O2S. The number of nitrogens with one attached hydrogen (secondary N) is 2. The van der Waals surface area contributed by atoms with Gasteiger partial charge < -0.3 is 10.6 Å². The lowest BCUT2D eigenvalue weighted by molar-refractivity contribution is 0.299. The molecular weight excluding hydrogens is 458 g/mol. The van der Waals surface area contributed by atoms with E-state index in [9.17, 15) is 12.8 Å². The smallest absolute Gasteiger partial charge is 0.191 e. The van der Waals surface area contributed by atoms with E-state index < -0.39 is 9.84 Å². The van der Waals surface area contributed by atoms with Crippen LogP contribution in [-0.2, 0) is 16.4 Å². The first-order valence-corrected chi connectivity index (χ1v) is 9.84. The van der Waals surface area contributed by atoms with Crippen molar-refractivity contribution in [2.24, 2.45) is 4.99 Å². The Hall–Kier alpha value is -0.940. The molecule has 1 aliphatic heterocycles. The summed E-state index contributed by atoms with van der Waals surface area (Å²) in [6.45, 7) is 4.93. The predicted molar refractivity (Wildman–Crippen MR) is 110 cm³/mol. The van der Waals surface area contributed by atoms with Gasteiger partial charge in [-0.1, -0.05) is 12.1 Å². The van der Waals surface area contributed by atoms with Crippen LogP contribution in [0.25, 0.3) is 0 Å². The van der Waals surface area contributed by atoms with E-state index in [-0.39, 0.29) is 41.3 Å². The maximum atomic E-state index is 13.3. The van der Waals surface area contributed by atoms with Crippen molar-refractivity contribution in [1.29, 1.82) is 0 Å². The van der Waals surface area contributed by atoms with Gasteiger partial charge in [0.15, 0.2) is 15.8 Å². The Morgan fingerprint density at radius 3 is 2.56 bits per heavy atom. The van der Waals surface area contributed by atoms with Crippen molar-refractivity contribution in [3.05, 3.63) is 35.1 Å². The number of nitrogens with zero attached hydrogens (tertiary/aromatic N) is 2. The number of sulfone groups is 1. The normalized spacial score (nSPS) is 17.6. The van der Waals surface area contributed by atoms with E-state index in [1.165, 1.54) is 6.07 Å². The molecule has 1 heterocycles. The Kier molecular flexibility index (Phi) is 9.08. The third-order valence-corrected chi connectivity index (χ3v) is 5.67. The fourth-order valence-corrected chi connectivity index (χ4v) is 3.81. The first-order chi connectivity index (χ1) is 11.4. The van der Waals surface area contributed by atoms with Gasteiger partial charge in [-0.05, 0) is 24.1 Å². The van der Waals surface area contributed by atoms with E-state index >= 15 is 0 Å². The Morgan fingerprint density at radius 2 is 1.96 bits per heavy atom. The summed E-state index contributed by atoms with van der Waals surface area (Å²) in [6.07, 6.45) is 0. The van der Waals surface area contributed by atoms with Crippen LogP contribution in [0.3, 0.4) is 0 Å². The van der Waals surface area contributed by atoms with Crippen molar-refractivity contribution >= 4 is 39.8 Å². The Bertz CT molecular complexity index is 683. The van der Waals surface area contributed by atoms with Gasteiger partial charge in [0, 0.05) is 39.8 Å². The quantitative estimate of drug-likeness (QED) is 0.373. The Balaban J connectivity index is 0.00000312. The van der Waals surface area contributed by atoms with Gasteiger partial charge in [-0.25, -0.2) is 12.8 Å². The van der Waals surface area contributed by atoms with Crippen LogP contribution in [0.4, 0.5) is 4.39 Å². The van der Waals surface area contributed by atoms with E-state index in [2.05, 4.69) is 20.5 Å². The molecule has 0 amide bonds. The van der Waals surface area contributed by atoms with Crippen molar-refractivity contribution in [2.45, 2.75) is 13.5 Å². The van der Waals surface area contributed by atoms with E-state index in [4.69, 9.17) is 0 Å². The highest BCUT2D eigenvalue weighted by atomic mass is 127. The number of rotatable bonds is 5. The highest BCUT2D eigenvalue weighted by Crippen LogP contribution is 2.08. The molecule has 0 atom stereocenters. The number of benzene rings is 1. The molecule has 9 heteroatoms. The second-order valence-electron chi connectivity index (χ2n) is 5.93. The average Bonchev–Trinajstić information content (AvgIpc) is 2.55. The highest BCUT2D eigenvalue weighted by molar-refractivity contribution is 14.0. The third kappa shape index (κ3) is 7.45. The molecule has 1 fully saturated rings. The fraction of sp³-hybridized carbons (Fsp3) is 0.562. The van der Waals surface area contributed by atoms with E-state index in [0.29, 0.717) is 37.7 Å². The predicted octanol–water partition coefficient (Wildman–Crippen LogP) is 1.15. The maximum absolute atomic E-state index is 13.3. The second-order valence-corrected chi connectivity index (χ2v) is 8.23. The van der Waals surface area contributed by atoms with Crippen LogP contribution in [0.15, 0.2) is 23.2 Å². The van der Waals surface area contributed by atoms with Gasteiger partial charge >= 0.3 is 0 Å². The summed E-state index contributed by atoms with van der Waals surface area (Å²) in [6, 6.07) is 5.02. The van der Waals surface area contributed by atoms with Crippen LogP contribution in [0.2, 0.25) is 0 Å². The molecule has 0 bridgehead atoms. The SMILES string of the molecule is CN=C(NCCN1CCS(=O)(=O)CC1)NCc1ccc(F)c(C)c1.I. The summed E-state index contributed by atoms with van der Waals surface area (Å²) >= 11 is 0. The minimum atomic E-state index is -2.83. The number of aliphatic imine (C=N–C) groups is 1. The summed E-state index contributed by atoms with van der Waals surface area (Å²) in [4.78, 5) is 6.28. The van der Waals surface area contributed by atoms with Crippen LogP contribution in [0.1, 0.15) is 11.1 Å². The first-order valence-electron chi connectivity index (χ1n) is 8.02. The fourth-order valence-electron chi connectivity index (χ4n) is 2.53. The van der Waals surface area contributed by atoms with Crippen LogP contribution >= 0.6 is 24.0 Å². The lowest BCUT2D eigenvalue weighted by Gasteiger charge is -2.26. The molecule has 25 heavy (non-hydrogen) atoms. The van der Waals surface area contributed by atoms with Gasteiger partial charge in [0.1, 0.15) is 5.82 Å². The molecule has 1 aromatic rings. The molecule has 0 aromatic heterocycles. The highest BCUT2D eigenvalue weighted by Gasteiger charge is 2.20. The second kappa shape index (κ2) is 10.3. The van der Waals surface area contributed by atoms with Crippen molar-refractivity contribution in [3.8, 4) is 0 Å². The van der Waals surface area contributed by atoms with Gasteiger partial charge in [-0.15, -0.1) is 24.0 Å². The summed E-state index contributed by atoms with van der Waals surface area (Å²) < 4.78 is 36.0. The molecule has 0 aliphatic carbocycles. The average molecular weight is 484 g/mol. The monoisotopic (exact) mass is 484 g/mol. The molecule has 142 valence electrons. The lowest BCUT2D eigenvalue weighted by atomic mass is 10.1. The number of aryl methyl sites for hydroxylation is 1. The third-order valence-electron chi connectivity index (χ3n) is 4.06. The molecule has 1 aromatic carbocycles. The number of guanidine groups is 1.